The van der Waals surface area contributed by atoms with Crippen LogP contribution in [0.25, 0.3) is 0 Å². The minimum absolute atomic E-state index is 0.620. The summed E-state index contributed by atoms with van der Waals surface area (Å²) in [6.45, 7) is 5.66. The second-order valence-electron chi connectivity index (χ2n) is 3.99. The molecule has 58 valence electrons. The minimum atomic E-state index is 0.620. The lowest BCUT2D eigenvalue weighted by Crippen LogP contribution is -2.16. The smallest absolute Gasteiger partial charge is 0.0632 e. The summed E-state index contributed by atoms with van der Waals surface area (Å²) in [6, 6.07) is 0. The molecule has 1 nitrogen and oxygen atoms in total. The molecule has 4 atom stereocenters. The fourth-order valence-electron chi connectivity index (χ4n) is 2.49. The molecular formula is C9H16O. The van der Waals surface area contributed by atoms with Crippen molar-refractivity contribution in [1.82, 2.24) is 0 Å². The van der Waals surface area contributed by atoms with Crippen molar-refractivity contribution in [3.05, 3.63) is 0 Å². The van der Waals surface area contributed by atoms with Gasteiger partial charge in [-0.15, -0.1) is 0 Å². The lowest BCUT2D eigenvalue weighted by molar-refractivity contribution is 0.0708. The van der Waals surface area contributed by atoms with Gasteiger partial charge in [-0.05, 0) is 30.6 Å². The SMILES string of the molecule is C[C@@H]1CCC2C1OC[C@@H]2C. The predicted octanol–water partition coefficient (Wildman–Crippen LogP) is 2.07. The largest absolute Gasteiger partial charge is 0.377 e. The molecule has 1 aliphatic carbocycles. The lowest BCUT2D eigenvalue weighted by atomic mass is 9.93. The maximum absolute atomic E-state index is 5.70. The second kappa shape index (κ2) is 2.23. The Morgan fingerprint density at radius 3 is 2.60 bits per heavy atom. The summed E-state index contributed by atoms with van der Waals surface area (Å²) in [5, 5.41) is 0. The molecule has 10 heavy (non-hydrogen) atoms. The van der Waals surface area contributed by atoms with Crippen molar-refractivity contribution in [3.8, 4) is 0 Å². The molecule has 2 rings (SSSR count). The van der Waals surface area contributed by atoms with Crippen LogP contribution in [0.15, 0.2) is 0 Å². The minimum Gasteiger partial charge on any atom is -0.377 e. The molecule has 2 aliphatic rings. The van der Waals surface area contributed by atoms with Crippen molar-refractivity contribution in [2.75, 3.05) is 6.61 Å². The van der Waals surface area contributed by atoms with E-state index in [9.17, 15) is 0 Å². The molecule has 0 aromatic heterocycles. The van der Waals surface area contributed by atoms with Gasteiger partial charge in [0, 0.05) is 6.61 Å². The van der Waals surface area contributed by atoms with E-state index in [4.69, 9.17) is 4.74 Å². The first kappa shape index (κ1) is 6.66. The number of hydrogen-bond acceptors (Lipinski definition) is 1. The molecule has 1 saturated heterocycles. The van der Waals surface area contributed by atoms with E-state index in [0.717, 1.165) is 24.4 Å². The van der Waals surface area contributed by atoms with Crippen LogP contribution in [0.3, 0.4) is 0 Å². The van der Waals surface area contributed by atoms with Gasteiger partial charge in [0.25, 0.3) is 0 Å². The molecule has 2 unspecified atom stereocenters. The average molecular weight is 140 g/mol. The van der Waals surface area contributed by atoms with Crippen LogP contribution in [0.1, 0.15) is 26.7 Å². The van der Waals surface area contributed by atoms with Crippen LogP contribution in [0.4, 0.5) is 0 Å². The highest BCUT2D eigenvalue weighted by Crippen LogP contribution is 2.42. The summed E-state index contributed by atoms with van der Waals surface area (Å²) in [7, 11) is 0. The van der Waals surface area contributed by atoms with Crippen molar-refractivity contribution in [2.24, 2.45) is 17.8 Å². The van der Waals surface area contributed by atoms with Gasteiger partial charge in [-0.25, -0.2) is 0 Å². The molecule has 0 spiro atoms. The van der Waals surface area contributed by atoms with Gasteiger partial charge in [0.1, 0.15) is 0 Å². The second-order valence-corrected chi connectivity index (χ2v) is 3.99. The predicted molar refractivity (Wildman–Crippen MR) is 40.8 cm³/mol. The van der Waals surface area contributed by atoms with Gasteiger partial charge in [-0.2, -0.15) is 0 Å². The number of ether oxygens (including phenoxy) is 1. The first-order chi connectivity index (χ1) is 4.79. The normalized spacial score (nSPS) is 53.4. The van der Waals surface area contributed by atoms with Gasteiger partial charge < -0.3 is 4.74 Å². The molecule has 0 radical (unpaired) electrons. The van der Waals surface area contributed by atoms with Gasteiger partial charge in [0.15, 0.2) is 0 Å². The fourth-order valence-corrected chi connectivity index (χ4v) is 2.49. The quantitative estimate of drug-likeness (QED) is 0.500. The van der Waals surface area contributed by atoms with Gasteiger partial charge >= 0.3 is 0 Å². The zero-order chi connectivity index (χ0) is 7.14. The molecule has 0 N–H and O–H groups in total. The zero-order valence-corrected chi connectivity index (χ0v) is 6.84. The van der Waals surface area contributed by atoms with Crippen molar-refractivity contribution < 1.29 is 4.74 Å². The summed E-state index contributed by atoms with van der Waals surface area (Å²) in [5.41, 5.74) is 0. The molecule has 0 aromatic carbocycles. The van der Waals surface area contributed by atoms with Crippen molar-refractivity contribution in [1.29, 1.82) is 0 Å². The third-order valence-electron chi connectivity index (χ3n) is 3.22. The number of fused-ring (bicyclic) bond motifs is 1. The van der Waals surface area contributed by atoms with E-state index in [2.05, 4.69) is 13.8 Å². The van der Waals surface area contributed by atoms with Crippen LogP contribution in [0.2, 0.25) is 0 Å². The van der Waals surface area contributed by atoms with Gasteiger partial charge in [-0.3, -0.25) is 0 Å². The van der Waals surface area contributed by atoms with E-state index in [0.29, 0.717) is 6.10 Å². The summed E-state index contributed by atoms with van der Waals surface area (Å²) < 4.78 is 5.70. The lowest BCUT2D eigenvalue weighted by Gasteiger charge is -2.13. The van der Waals surface area contributed by atoms with Crippen LogP contribution >= 0.6 is 0 Å². The molecule has 1 heterocycles. The Labute approximate surface area is 62.8 Å². The molecule has 1 saturated carbocycles. The Kier molecular flexibility index (Phi) is 1.48. The van der Waals surface area contributed by atoms with E-state index in [1.165, 1.54) is 12.8 Å². The van der Waals surface area contributed by atoms with E-state index in [-0.39, 0.29) is 0 Å². The first-order valence-corrected chi connectivity index (χ1v) is 4.40. The summed E-state index contributed by atoms with van der Waals surface area (Å²) in [4.78, 5) is 0. The Hall–Kier alpha value is -0.0400. The van der Waals surface area contributed by atoms with Gasteiger partial charge in [-0.1, -0.05) is 13.8 Å². The van der Waals surface area contributed by atoms with E-state index >= 15 is 0 Å². The van der Waals surface area contributed by atoms with Crippen LogP contribution in [-0.4, -0.2) is 12.7 Å². The molecule has 1 aliphatic heterocycles. The Bertz CT molecular complexity index is 117. The van der Waals surface area contributed by atoms with Crippen LogP contribution in [0, 0.1) is 17.8 Å². The molecular weight excluding hydrogens is 124 g/mol. The van der Waals surface area contributed by atoms with E-state index in [1.54, 1.807) is 0 Å². The van der Waals surface area contributed by atoms with Crippen molar-refractivity contribution in [2.45, 2.75) is 32.8 Å². The first-order valence-electron chi connectivity index (χ1n) is 4.40. The average Bonchev–Trinajstić information content (AvgIpc) is 2.41. The topological polar surface area (TPSA) is 9.23 Å². The maximum atomic E-state index is 5.70. The third kappa shape index (κ3) is 0.800. The highest BCUT2D eigenvalue weighted by Gasteiger charge is 2.41. The molecule has 0 amide bonds. The van der Waals surface area contributed by atoms with Crippen LogP contribution in [0.5, 0.6) is 0 Å². The monoisotopic (exact) mass is 140 g/mol. The molecule has 1 heteroatoms. The summed E-state index contributed by atoms with van der Waals surface area (Å²) >= 11 is 0. The molecule has 0 aromatic rings. The Morgan fingerprint density at radius 1 is 1.10 bits per heavy atom. The molecule has 2 fully saturated rings. The summed E-state index contributed by atoms with van der Waals surface area (Å²) in [6.07, 6.45) is 3.42. The highest BCUT2D eigenvalue weighted by molar-refractivity contribution is 4.90. The number of hydrogen-bond donors (Lipinski definition) is 0. The Morgan fingerprint density at radius 2 is 1.90 bits per heavy atom. The van der Waals surface area contributed by atoms with E-state index < -0.39 is 0 Å². The summed E-state index contributed by atoms with van der Waals surface area (Å²) in [5.74, 6) is 2.56. The van der Waals surface area contributed by atoms with Gasteiger partial charge in [0.2, 0.25) is 0 Å². The van der Waals surface area contributed by atoms with Crippen molar-refractivity contribution in [3.63, 3.8) is 0 Å². The van der Waals surface area contributed by atoms with Crippen molar-refractivity contribution >= 4 is 0 Å². The fraction of sp³-hybridized carbons (Fsp3) is 1.00. The third-order valence-corrected chi connectivity index (χ3v) is 3.22. The van der Waals surface area contributed by atoms with Gasteiger partial charge in [0.05, 0.1) is 6.10 Å². The van der Waals surface area contributed by atoms with E-state index in [1.807, 2.05) is 0 Å². The van der Waals surface area contributed by atoms with Crippen LogP contribution < -0.4 is 0 Å². The van der Waals surface area contributed by atoms with Crippen LogP contribution in [-0.2, 0) is 4.74 Å². The molecule has 0 bridgehead atoms. The maximum Gasteiger partial charge on any atom is 0.0632 e. The standard InChI is InChI=1S/C9H16O/c1-6-3-4-8-7(2)5-10-9(6)8/h6-9H,3-5H2,1-2H3/t6-,7+,8?,9?/m1/s1. The highest BCUT2D eigenvalue weighted by atomic mass is 16.5. The zero-order valence-electron chi connectivity index (χ0n) is 6.84. The number of rotatable bonds is 0. The Balaban J connectivity index is 2.09.